The number of amides is 3. The van der Waals surface area contributed by atoms with Crippen molar-refractivity contribution in [2.24, 2.45) is 11.8 Å². The van der Waals surface area contributed by atoms with Gasteiger partial charge in [-0.15, -0.1) is 11.3 Å². The van der Waals surface area contributed by atoms with E-state index in [4.69, 9.17) is 4.74 Å². The molecule has 0 spiro atoms. The standard InChI is InChI=1S/C35H49N5O6S2/c1-7-32-36-27(23-47-32)21-38-17-18-40(35(38)43)33(25(4)5)34(42)37-30(19-26-11-9-8-10-12-26)31(41)22-39(20-24(2)3)48(44,45)29-15-13-28(46-6)14-16-29/h8-16,23-25,30-31,33,41H,7,17-22H2,1-6H3,(H,37,42)/t30-,31-,33-/m0/s1. The van der Waals surface area contributed by atoms with Crippen LogP contribution in [-0.2, 0) is 34.2 Å². The van der Waals surface area contributed by atoms with Gasteiger partial charge in [0.1, 0.15) is 11.8 Å². The summed E-state index contributed by atoms with van der Waals surface area (Å²) in [6.07, 6.45) is -0.156. The molecule has 0 saturated carbocycles. The normalized spacial score (nSPS) is 15.8. The van der Waals surface area contributed by atoms with Crippen LogP contribution in [0.2, 0.25) is 0 Å². The van der Waals surface area contributed by atoms with E-state index in [1.165, 1.54) is 23.5 Å². The highest BCUT2D eigenvalue weighted by Gasteiger charge is 2.40. The molecule has 1 saturated heterocycles. The molecule has 0 radical (unpaired) electrons. The van der Waals surface area contributed by atoms with Crippen molar-refractivity contribution in [3.05, 3.63) is 76.2 Å². The number of sulfonamides is 1. The molecule has 0 aliphatic carbocycles. The Morgan fingerprint density at radius 3 is 2.33 bits per heavy atom. The number of nitrogens with one attached hydrogen (secondary N) is 1. The lowest BCUT2D eigenvalue weighted by Crippen LogP contribution is -2.57. The minimum Gasteiger partial charge on any atom is -0.497 e. The minimum atomic E-state index is -3.99. The van der Waals surface area contributed by atoms with E-state index in [1.807, 2.05) is 70.3 Å². The summed E-state index contributed by atoms with van der Waals surface area (Å²) in [6.45, 7) is 10.8. The van der Waals surface area contributed by atoms with Gasteiger partial charge in [0.25, 0.3) is 0 Å². The van der Waals surface area contributed by atoms with E-state index in [9.17, 15) is 23.1 Å². The van der Waals surface area contributed by atoms with E-state index in [1.54, 1.807) is 33.3 Å². The van der Waals surface area contributed by atoms with Crippen molar-refractivity contribution in [3.8, 4) is 5.75 Å². The summed E-state index contributed by atoms with van der Waals surface area (Å²) in [5, 5.41) is 17.7. The second-order valence-electron chi connectivity index (χ2n) is 12.9. The fraction of sp³-hybridized carbons (Fsp3) is 0.514. The van der Waals surface area contributed by atoms with Gasteiger partial charge in [0.05, 0.1) is 41.4 Å². The summed E-state index contributed by atoms with van der Waals surface area (Å²) >= 11 is 1.57. The number of carbonyl (C=O) groups excluding carboxylic acids is 2. The first-order valence-electron chi connectivity index (χ1n) is 16.5. The van der Waals surface area contributed by atoms with Crippen LogP contribution in [0.25, 0.3) is 0 Å². The fourth-order valence-corrected chi connectivity index (χ4v) is 8.28. The number of aliphatic hydroxyl groups excluding tert-OH is 1. The SMILES string of the molecule is CCc1nc(CN2CCN([C@H](C(=O)N[C@@H](Cc3ccccc3)[C@@H](O)CN(CC(C)C)S(=O)(=O)c3ccc(OC)cc3)C(C)C)C2=O)cs1. The second kappa shape index (κ2) is 16.7. The summed E-state index contributed by atoms with van der Waals surface area (Å²) in [5.41, 5.74) is 1.70. The highest BCUT2D eigenvalue weighted by molar-refractivity contribution is 7.89. The molecule has 4 rings (SSSR count). The zero-order chi connectivity index (χ0) is 35.0. The number of carbonyl (C=O) groups is 2. The predicted molar refractivity (Wildman–Crippen MR) is 187 cm³/mol. The van der Waals surface area contributed by atoms with Crippen LogP contribution in [-0.4, -0.2) is 96.0 Å². The van der Waals surface area contributed by atoms with Gasteiger partial charge in [-0.3, -0.25) is 4.79 Å². The van der Waals surface area contributed by atoms with Gasteiger partial charge in [-0.25, -0.2) is 18.2 Å². The Kier molecular flexibility index (Phi) is 13.0. The molecule has 1 aromatic heterocycles. The third kappa shape index (κ3) is 9.34. The maximum absolute atomic E-state index is 14.1. The van der Waals surface area contributed by atoms with Crippen molar-refractivity contribution in [1.29, 1.82) is 0 Å². The van der Waals surface area contributed by atoms with Gasteiger partial charge in [-0.1, -0.05) is 65.0 Å². The number of urea groups is 1. The molecule has 1 fully saturated rings. The first-order chi connectivity index (χ1) is 22.8. The molecule has 1 aliphatic heterocycles. The number of nitrogens with zero attached hydrogens (tertiary/aromatic N) is 4. The molecule has 0 bridgehead atoms. The first kappa shape index (κ1) is 37.3. The lowest BCUT2D eigenvalue weighted by Gasteiger charge is -2.34. The van der Waals surface area contributed by atoms with E-state index in [-0.39, 0.29) is 42.3 Å². The third-order valence-corrected chi connectivity index (χ3v) is 11.3. The molecule has 1 aliphatic rings. The zero-order valence-corrected chi connectivity index (χ0v) is 30.3. The number of benzene rings is 2. The number of thiazole rings is 1. The van der Waals surface area contributed by atoms with Crippen LogP contribution >= 0.6 is 11.3 Å². The monoisotopic (exact) mass is 699 g/mol. The summed E-state index contributed by atoms with van der Waals surface area (Å²) < 4.78 is 34.1. The molecular weight excluding hydrogens is 651 g/mol. The van der Waals surface area contributed by atoms with Crippen molar-refractivity contribution in [2.45, 2.75) is 77.1 Å². The highest BCUT2D eigenvalue weighted by atomic mass is 32.2. The van der Waals surface area contributed by atoms with E-state index in [0.717, 1.165) is 22.7 Å². The Morgan fingerprint density at radius 2 is 1.75 bits per heavy atom. The molecule has 0 unspecified atom stereocenters. The van der Waals surface area contributed by atoms with Crippen molar-refractivity contribution in [1.82, 2.24) is 24.4 Å². The Bertz CT molecular complexity index is 1600. The average molecular weight is 700 g/mol. The molecule has 13 heteroatoms. The average Bonchev–Trinajstić information content (AvgIpc) is 3.66. The zero-order valence-electron chi connectivity index (χ0n) is 28.7. The van der Waals surface area contributed by atoms with E-state index >= 15 is 0 Å². The molecule has 11 nitrogen and oxygen atoms in total. The maximum Gasteiger partial charge on any atom is 0.321 e. The molecular formula is C35H49N5O6S2. The lowest BCUT2D eigenvalue weighted by molar-refractivity contribution is -0.128. The number of rotatable bonds is 17. The summed E-state index contributed by atoms with van der Waals surface area (Å²) in [5.74, 6) is -0.111. The van der Waals surface area contributed by atoms with Gasteiger partial charge in [-0.2, -0.15) is 4.31 Å². The Morgan fingerprint density at radius 1 is 1.06 bits per heavy atom. The van der Waals surface area contributed by atoms with Crippen molar-refractivity contribution in [3.63, 3.8) is 0 Å². The van der Waals surface area contributed by atoms with Crippen LogP contribution in [0, 0.1) is 11.8 Å². The molecule has 2 heterocycles. The molecule has 262 valence electrons. The topological polar surface area (TPSA) is 132 Å². The number of aromatic nitrogens is 1. The van der Waals surface area contributed by atoms with Crippen LogP contribution in [0.5, 0.6) is 5.75 Å². The van der Waals surface area contributed by atoms with Gasteiger partial charge in [-0.05, 0) is 54.5 Å². The van der Waals surface area contributed by atoms with Gasteiger partial charge in [0, 0.05) is 31.6 Å². The number of aliphatic hydroxyl groups is 1. The van der Waals surface area contributed by atoms with Crippen molar-refractivity contribution in [2.75, 3.05) is 33.3 Å². The number of hydrogen-bond donors (Lipinski definition) is 2. The Labute approximate surface area is 289 Å². The minimum absolute atomic E-state index is 0.0281. The highest BCUT2D eigenvalue weighted by Crippen LogP contribution is 2.24. The smallest absolute Gasteiger partial charge is 0.321 e. The first-order valence-corrected chi connectivity index (χ1v) is 18.8. The van der Waals surface area contributed by atoms with E-state index < -0.39 is 34.1 Å². The summed E-state index contributed by atoms with van der Waals surface area (Å²) in [6, 6.07) is 13.7. The van der Waals surface area contributed by atoms with Crippen LogP contribution < -0.4 is 10.1 Å². The predicted octanol–water partition coefficient (Wildman–Crippen LogP) is 4.41. The number of hydrogen-bond acceptors (Lipinski definition) is 8. The van der Waals surface area contributed by atoms with Crippen LogP contribution in [0.1, 0.15) is 50.9 Å². The number of methoxy groups -OCH3 is 1. The van der Waals surface area contributed by atoms with Crippen molar-refractivity contribution < 1.29 is 27.9 Å². The molecule has 3 atom stereocenters. The maximum atomic E-state index is 14.1. The van der Waals surface area contributed by atoms with Crippen LogP contribution in [0.3, 0.4) is 0 Å². The quantitative estimate of drug-likeness (QED) is 0.213. The molecule has 2 aromatic carbocycles. The molecule has 2 N–H and O–H groups in total. The third-order valence-electron chi connectivity index (χ3n) is 8.36. The van der Waals surface area contributed by atoms with E-state index in [0.29, 0.717) is 25.4 Å². The van der Waals surface area contributed by atoms with Crippen molar-refractivity contribution >= 4 is 33.3 Å². The Hall–Kier alpha value is -3.52. The number of ether oxygens (including phenoxy) is 1. The van der Waals surface area contributed by atoms with Gasteiger partial charge >= 0.3 is 6.03 Å². The fourth-order valence-electron chi connectivity index (χ4n) is 5.92. The molecule has 3 amide bonds. The van der Waals surface area contributed by atoms with Gasteiger partial charge < -0.3 is 25.0 Å². The second-order valence-corrected chi connectivity index (χ2v) is 15.8. The molecule has 3 aromatic rings. The largest absolute Gasteiger partial charge is 0.497 e. The van der Waals surface area contributed by atoms with Gasteiger partial charge in [0.15, 0.2) is 0 Å². The Balaban J connectivity index is 1.56. The summed E-state index contributed by atoms with van der Waals surface area (Å²) in [7, 11) is -2.48. The van der Waals surface area contributed by atoms with Gasteiger partial charge in [0.2, 0.25) is 15.9 Å². The lowest BCUT2D eigenvalue weighted by atomic mass is 9.97. The van der Waals surface area contributed by atoms with E-state index in [2.05, 4.69) is 10.3 Å². The molecule has 48 heavy (non-hydrogen) atoms. The van der Waals surface area contributed by atoms with Crippen LogP contribution in [0.4, 0.5) is 4.79 Å². The number of aryl methyl sites for hydroxylation is 1. The van der Waals surface area contributed by atoms with Crippen LogP contribution in [0.15, 0.2) is 64.9 Å². The summed E-state index contributed by atoms with van der Waals surface area (Å²) in [4.78, 5) is 35.7.